The van der Waals surface area contributed by atoms with Crippen LogP contribution in [0, 0.1) is 11.3 Å². The third-order valence-electron chi connectivity index (χ3n) is 6.13. The highest BCUT2D eigenvalue weighted by Crippen LogP contribution is 2.61. The van der Waals surface area contributed by atoms with E-state index in [1.54, 1.807) is 0 Å². The molecule has 0 radical (unpaired) electrons. The van der Waals surface area contributed by atoms with Crippen molar-refractivity contribution < 1.29 is 4.74 Å². The van der Waals surface area contributed by atoms with Gasteiger partial charge in [0.1, 0.15) is 11.4 Å². The maximum absolute atomic E-state index is 6.83. The second-order valence-corrected chi connectivity index (χ2v) is 8.58. The van der Waals surface area contributed by atoms with Gasteiger partial charge in [0.05, 0.1) is 0 Å². The van der Waals surface area contributed by atoms with E-state index in [1.807, 2.05) is 30.3 Å². The fourth-order valence-electron chi connectivity index (χ4n) is 4.68. The second-order valence-electron chi connectivity index (χ2n) is 8.58. The van der Waals surface area contributed by atoms with Crippen LogP contribution in [0.15, 0.2) is 60.7 Å². The summed E-state index contributed by atoms with van der Waals surface area (Å²) in [5.41, 5.74) is 8.36. The van der Waals surface area contributed by atoms with Crippen molar-refractivity contribution in [2.45, 2.75) is 37.3 Å². The molecule has 4 rings (SSSR count). The lowest BCUT2D eigenvalue weighted by Crippen LogP contribution is -2.45. The minimum Gasteiger partial charge on any atom is -0.486 e. The van der Waals surface area contributed by atoms with Gasteiger partial charge in [-0.15, -0.1) is 0 Å². The Morgan fingerprint density at radius 2 is 1.65 bits per heavy atom. The maximum atomic E-state index is 6.83. The molecule has 2 aromatic rings. The van der Waals surface area contributed by atoms with Gasteiger partial charge in [0, 0.05) is 12.6 Å². The van der Waals surface area contributed by atoms with Gasteiger partial charge in [-0.25, -0.2) is 0 Å². The summed E-state index contributed by atoms with van der Waals surface area (Å²) in [6.07, 6.45) is 4.44. The van der Waals surface area contributed by atoms with Gasteiger partial charge in [-0.05, 0) is 68.8 Å². The van der Waals surface area contributed by atoms with Crippen molar-refractivity contribution in [1.82, 2.24) is 4.90 Å². The first-order chi connectivity index (χ1) is 12.5. The molecule has 3 unspecified atom stereocenters. The first-order valence-electron chi connectivity index (χ1n) is 9.71. The number of benzene rings is 2. The Morgan fingerprint density at radius 1 is 1.04 bits per heavy atom. The average molecular weight is 351 g/mol. The van der Waals surface area contributed by atoms with Gasteiger partial charge < -0.3 is 15.4 Å². The average Bonchev–Trinajstić information content (AvgIpc) is 3.53. The van der Waals surface area contributed by atoms with E-state index in [9.17, 15) is 0 Å². The van der Waals surface area contributed by atoms with Crippen LogP contribution in [0.3, 0.4) is 0 Å². The number of nitrogens with zero attached hydrogens (tertiary/aromatic N) is 1. The molecule has 26 heavy (non-hydrogen) atoms. The molecule has 3 atom stereocenters. The quantitative estimate of drug-likeness (QED) is 0.788. The minimum absolute atomic E-state index is 0.103. The van der Waals surface area contributed by atoms with E-state index < -0.39 is 0 Å². The van der Waals surface area contributed by atoms with Crippen molar-refractivity contribution in [3.8, 4) is 5.75 Å². The Balaban J connectivity index is 1.49. The Hall–Kier alpha value is -1.84. The third kappa shape index (κ3) is 3.51. The minimum atomic E-state index is -0.156. The van der Waals surface area contributed by atoms with Crippen molar-refractivity contribution in [3.05, 3.63) is 66.2 Å². The fourth-order valence-corrected chi connectivity index (χ4v) is 4.68. The zero-order chi connectivity index (χ0) is 18.2. The second kappa shape index (κ2) is 6.71. The molecular formula is C23H30N2O. The summed E-state index contributed by atoms with van der Waals surface area (Å²) < 4.78 is 6.39. The van der Waals surface area contributed by atoms with Gasteiger partial charge in [0.2, 0.25) is 0 Å². The van der Waals surface area contributed by atoms with Gasteiger partial charge in [0.25, 0.3) is 0 Å². The smallest absolute Gasteiger partial charge is 0.125 e. The summed E-state index contributed by atoms with van der Waals surface area (Å²) >= 11 is 0. The zero-order valence-corrected chi connectivity index (χ0v) is 15.9. The SMILES string of the molecule is CN(C)CC1(Cc2ccccc2)CC1C(N)C1(Oc2ccccc2)CC1. The van der Waals surface area contributed by atoms with Crippen LogP contribution in [0.5, 0.6) is 5.75 Å². The molecule has 2 aromatic carbocycles. The predicted octanol–water partition coefficient (Wildman–Crippen LogP) is 3.74. The first kappa shape index (κ1) is 17.6. The maximum Gasteiger partial charge on any atom is 0.125 e. The molecule has 2 saturated carbocycles. The Morgan fingerprint density at radius 3 is 2.23 bits per heavy atom. The van der Waals surface area contributed by atoms with Crippen LogP contribution >= 0.6 is 0 Å². The van der Waals surface area contributed by atoms with E-state index >= 15 is 0 Å². The lowest BCUT2D eigenvalue weighted by Gasteiger charge is -2.29. The molecular weight excluding hydrogens is 320 g/mol. The first-order valence-corrected chi connectivity index (χ1v) is 9.71. The molecule has 3 nitrogen and oxygen atoms in total. The van der Waals surface area contributed by atoms with Gasteiger partial charge in [0.15, 0.2) is 0 Å². The van der Waals surface area contributed by atoms with E-state index in [4.69, 9.17) is 10.5 Å². The molecule has 2 aliphatic carbocycles. The number of rotatable bonds is 8. The summed E-state index contributed by atoms with van der Waals surface area (Å²) in [6, 6.07) is 21.1. The van der Waals surface area contributed by atoms with Crippen LogP contribution in [0.2, 0.25) is 0 Å². The predicted molar refractivity (Wildman–Crippen MR) is 106 cm³/mol. The molecule has 0 saturated heterocycles. The number of para-hydroxylation sites is 1. The fraction of sp³-hybridized carbons (Fsp3) is 0.478. The number of hydrogen-bond acceptors (Lipinski definition) is 3. The van der Waals surface area contributed by atoms with Gasteiger partial charge in [-0.2, -0.15) is 0 Å². The van der Waals surface area contributed by atoms with Crippen molar-refractivity contribution >= 4 is 0 Å². The molecule has 2 fully saturated rings. The molecule has 138 valence electrons. The van der Waals surface area contributed by atoms with Crippen molar-refractivity contribution in [3.63, 3.8) is 0 Å². The van der Waals surface area contributed by atoms with E-state index in [-0.39, 0.29) is 17.1 Å². The van der Waals surface area contributed by atoms with Gasteiger partial charge >= 0.3 is 0 Å². The molecule has 0 heterocycles. The van der Waals surface area contributed by atoms with Crippen LogP contribution in [-0.2, 0) is 6.42 Å². The highest BCUT2D eigenvalue weighted by atomic mass is 16.5. The Kier molecular flexibility index (Phi) is 4.54. The topological polar surface area (TPSA) is 38.5 Å². The largest absolute Gasteiger partial charge is 0.486 e. The van der Waals surface area contributed by atoms with E-state index in [1.165, 1.54) is 12.0 Å². The summed E-state index contributed by atoms with van der Waals surface area (Å²) in [5.74, 6) is 1.47. The highest BCUT2D eigenvalue weighted by molar-refractivity contribution is 5.28. The number of nitrogens with two attached hydrogens (primary N) is 1. The Bertz CT molecular complexity index is 726. The summed E-state index contributed by atoms with van der Waals surface area (Å²) in [4.78, 5) is 2.31. The highest BCUT2D eigenvalue weighted by Gasteiger charge is 2.64. The summed E-state index contributed by atoms with van der Waals surface area (Å²) in [7, 11) is 4.34. The van der Waals surface area contributed by atoms with E-state index in [0.29, 0.717) is 5.92 Å². The number of hydrogen-bond donors (Lipinski definition) is 1. The molecule has 0 spiro atoms. The van der Waals surface area contributed by atoms with Crippen molar-refractivity contribution in [2.24, 2.45) is 17.1 Å². The molecule has 0 aliphatic heterocycles. The monoisotopic (exact) mass is 350 g/mol. The molecule has 3 heteroatoms. The lowest BCUT2D eigenvalue weighted by atomic mass is 9.89. The summed E-state index contributed by atoms with van der Waals surface area (Å²) in [6.45, 7) is 1.08. The van der Waals surface area contributed by atoms with Crippen molar-refractivity contribution in [1.29, 1.82) is 0 Å². The van der Waals surface area contributed by atoms with Crippen LogP contribution in [0.25, 0.3) is 0 Å². The molecule has 0 bridgehead atoms. The van der Waals surface area contributed by atoms with Crippen LogP contribution in [0.1, 0.15) is 24.8 Å². The van der Waals surface area contributed by atoms with Gasteiger partial charge in [-0.1, -0.05) is 48.5 Å². The van der Waals surface area contributed by atoms with E-state index in [2.05, 4.69) is 49.3 Å². The summed E-state index contributed by atoms with van der Waals surface area (Å²) in [5, 5.41) is 0. The lowest BCUT2D eigenvalue weighted by molar-refractivity contribution is 0.124. The van der Waals surface area contributed by atoms with Crippen LogP contribution < -0.4 is 10.5 Å². The standard InChI is InChI=1S/C23H30N2O/c1-25(2)17-22(15-18-9-5-3-6-10-18)16-20(22)21(24)23(13-14-23)26-19-11-7-4-8-12-19/h3-12,20-21H,13-17,24H2,1-2H3. The number of ether oxygens (including phenoxy) is 1. The molecule has 2 aliphatic rings. The van der Waals surface area contributed by atoms with E-state index in [0.717, 1.165) is 31.6 Å². The molecule has 2 N–H and O–H groups in total. The van der Waals surface area contributed by atoms with Crippen LogP contribution in [-0.4, -0.2) is 37.2 Å². The molecule has 0 aromatic heterocycles. The molecule has 0 amide bonds. The van der Waals surface area contributed by atoms with Gasteiger partial charge in [-0.3, -0.25) is 0 Å². The van der Waals surface area contributed by atoms with Crippen LogP contribution in [0.4, 0.5) is 0 Å². The normalized spacial score (nSPS) is 27.2. The van der Waals surface area contributed by atoms with Crippen molar-refractivity contribution in [2.75, 3.05) is 20.6 Å². The third-order valence-corrected chi connectivity index (χ3v) is 6.13. The Labute approximate surface area is 157 Å². The zero-order valence-electron chi connectivity index (χ0n) is 15.9.